The first-order chi connectivity index (χ1) is 18.2. The molecule has 0 aliphatic heterocycles. The molecular formula is C32H35N3O3S. The molecule has 1 heterocycles. The van der Waals surface area contributed by atoms with Gasteiger partial charge in [-0.3, -0.25) is 9.78 Å². The van der Waals surface area contributed by atoms with Gasteiger partial charge in [-0.15, -0.1) is 0 Å². The molecule has 0 bridgehead atoms. The fraction of sp³-hybridized carbons (Fsp3) is 0.250. The number of fused-ring (bicyclic) bond motifs is 1. The van der Waals surface area contributed by atoms with Gasteiger partial charge in [0, 0.05) is 35.4 Å². The maximum Gasteiger partial charge on any atom is 0.227 e. The summed E-state index contributed by atoms with van der Waals surface area (Å²) in [4.78, 5) is 17.4. The van der Waals surface area contributed by atoms with E-state index in [1.807, 2.05) is 30.3 Å². The first-order valence-corrected chi connectivity index (χ1v) is 14.7. The molecule has 0 atom stereocenters. The highest BCUT2D eigenvalue weighted by molar-refractivity contribution is 7.90. The molecular weight excluding hydrogens is 506 g/mol. The quantitative estimate of drug-likeness (QED) is 0.282. The van der Waals surface area contributed by atoms with Crippen LogP contribution < -0.4 is 11.5 Å². The Morgan fingerprint density at radius 2 is 1.64 bits per heavy atom. The summed E-state index contributed by atoms with van der Waals surface area (Å²) in [6.45, 7) is 8.29. The van der Waals surface area contributed by atoms with Crippen molar-refractivity contribution in [3.8, 4) is 11.1 Å². The Labute approximate surface area is 230 Å². The van der Waals surface area contributed by atoms with Crippen molar-refractivity contribution in [1.82, 2.24) is 4.98 Å². The number of pyridine rings is 1. The zero-order valence-electron chi connectivity index (χ0n) is 23.0. The number of nitrogens with two attached hydrogens (primary N) is 2. The summed E-state index contributed by atoms with van der Waals surface area (Å²) in [5.41, 5.74) is 17.0. The van der Waals surface area contributed by atoms with E-state index in [0.29, 0.717) is 12.1 Å². The predicted molar refractivity (Wildman–Crippen MR) is 160 cm³/mol. The summed E-state index contributed by atoms with van der Waals surface area (Å²) >= 11 is 0. The Morgan fingerprint density at radius 3 is 2.26 bits per heavy atom. The second-order valence-corrected chi connectivity index (χ2v) is 13.2. The normalized spacial score (nSPS) is 13.0. The van der Waals surface area contributed by atoms with Crippen LogP contribution in [0.4, 0.5) is 0 Å². The molecule has 0 spiro atoms. The Bertz CT molecular complexity index is 1690. The Kier molecular flexibility index (Phi) is 7.52. The van der Waals surface area contributed by atoms with Crippen LogP contribution in [0.1, 0.15) is 44.4 Å². The summed E-state index contributed by atoms with van der Waals surface area (Å²) in [7, 11) is -3.35. The van der Waals surface area contributed by atoms with Gasteiger partial charge in [0.15, 0.2) is 9.84 Å². The Hall–Kier alpha value is -3.81. The summed E-state index contributed by atoms with van der Waals surface area (Å²) in [6, 6.07) is 22.9. The minimum atomic E-state index is -3.35. The monoisotopic (exact) mass is 541 g/mol. The van der Waals surface area contributed by atoms with Gasteiger partial charge >= 0.3 is 0 Å². The molecule has 0 fully saturated rings. The number of nitrogens with zero attached hydrogens (tertiary/aromatic N) is 1. The Balaban J connectivity index is 1.90. The molecule has 4 rings (SSSR count). The largest absolute Gasteiger partial charge is 0.369 e. The number of sulfone groups is 1. The molecule has 7 heteroatoms. The molecule has 0 saturated heterocycles. The molecule has 4 aromatic rings. The van der Waals surface area contributed by atoms with E-state index in [9.17, 15) is 13.2 Å². The van der Waals surface area contributed by atoms with Crippen molar-refractivity contribution < 1.29 is 13.2 Å². The molecule has 1 amide bonds. The van der Waals surface area contributed by atoms with E-state index in [4.69, 9.17) is 11.5 Å². The lowest BCUT2D eigenvalue weighted by molar-refractivity contribution is -0.123. The maximum atomic E-state index is 12.5. The fourth-order valence-corrected chi connectivity index (χ4v) is 5.15. The van der Waals surface area contributed by atoms with Gasteiger partial charge in [-0.2, -0.15) is 0 Å². The second-order valence-electron chi connectivity index (χ2n) is 11.2. The van der Waals surface area contributed by atoms with Crippen molar-refractivity contribution >= 4 is 38.3 Å². The molecule has 6 nitrogen and oxygen atoms in total. The van der Waals surface area contributed by atoms with E-state index in [1.54, 1.807) is 44.3 Å². The molecule has 0 unspecified atom stereocenters. The van der Waals surface area contributed by atoms with Crippen LogP contribution in [-0.2, 0) is 20.0 Å². The van der Waals surface area contributed by atoms with E-state index in [-0.39, 0.29) is 10.3 Å². The van der Waals surface area contributed by atoms with Crippen molar-refractivity contribution in [2.24, 2.45) is 16.9 Å². The summed E-state index contributed by atoms with van der Waals surface area (Å²) in [5.74, 6) is -0.482. The number of benzene rings is 3. The zero-order chi connectivity index (χ0) is 28.6. The third kappa shape index (κ3) is 5.79. The number of hydrogen-bond donors (Lipinski definition) is 2. The van der Waals surface area contributed by atoms with Gasteiger partial charge in [-0.1, -0.05) is 56.3 Å². The van der Waals surface area contributed by atoms with Crippen LogP contribution in [0.15, 0.2) is 83.9 Å². The standard InChI is InChI=1S/C32H35N3O3S/c1-31(2,20-33)25-18-24-10-7-15-35-29(24)27(19-25)23-9-6-8-21(16-23)17-28(32(3,4)30(34)36)22-11-13-26(14-12-22)39(5,37)38/h6-19H,20,33H2,1-5H3,(H2,34,36)/b28-17-. The topological polar surface area (TPSA) is 116 Å². The molecule has 0 radical (unpaired) electrons. The summed E-state index contributed by atoms with van der Waals surface area (Å²) in [6.07, 6.45) is 4.89. The lowest BCUT2D eigenvalue weighted by Gasteiger charge is -2.26. The van der Waals surface area contributed by atoms with Crippen molar-refractivity contribution in [1.29, 1.82) is 0 Å². The minimum absolute atomic E-state index is 0.212. The fourth-order valence-electron chi connectivity index (χ4n) is 4.52. The third-order valence-electron chi connectivity index (χ3n) is 7.39. The van der Waals surface area contributed by atoms with Gasteiger partial charge in [0.05, 0.1) is 15.8 Å². The highest BCUT2D eigenvalue weighted by atomic mass is 32.2. The Morgan fingerprint density at radius 1 is 0.949 bits per heavy atom. The molecule has 0 saturated carbocycles. The van der Waals surface area contributed by atoms with Gasteiger partial charge in [0.1, 0.15) is 0 Å². The van der Waals surface area contributed by atoms with Crippen LogP contribution >= 0.6 is 0 Å². The SMILES string of the molecule is CC(C)(C(N)=O)/C(=C\c1cccc(-c2cc(C(C)(C)CN)cc3cccnc23)c1)c1ccc(S(C)(=O)=O)cc1. The van der Waals surface area contributed by atoms with E-state index in [2.05, 4.69) is 43.1 Å². The highest BCUT2D eigenvalue weighted by Gasteiger charge is 2.31. The molecule has 1 aromatic heterocycles. The lowest BCUT2D eigenvalue weighted by atomic mass is 9.78. The van der Waals surface area contributed by atoms with E-state index in [1.165, 1.54) is 6.26 Å². The van der Waals surface area contributed by atoms with Gasteiger partial charge in [0.2, 0.25) is 5.91 Å². The molecule has 0 aliphatic carbocycles. The van der Waals surface area contributed by atoms with Crippen LogP contribution in [0.25, 0.3) is 33.7 Å². The van der Waals surface area contributed by atoms with Crippen molar-refractivity contribution in [3.05, 3.63) is 95.7 Å². The lowest BCUT2D eigenvalue weighted by Crippen LogP contribution is -2.32. The first-order valence-electron chi connectivity index (χ1n) is 12.8. The molecule has 4 N–H and O–H groups in total. The van der Waals surface area contributed by atoms with Gasteiger partial charge < -0.3 is 11.5 Å². The van der Waals surface area contributed by atoms with Crippen molar-refractivity contribution in [3.63, 3.8) is 0 Å². The summed E-state index contributed by atoms with van der Waals surface area (Å²) < 4.78 is 24.0. The van der Waals surface area contributed by atoms with Crippen LogP contribution in [0.3, 0.4) is 0 Å². The number of carbonyl (C=O) groups is 1. The average Bonchev–Trinajstić information content (AvgIpc) is 2.90. The van der Waals surface area contributed by atoms with Crippen LogP contribution in [0.2, 0.25) is 0 Å². The molecule has 0 aliphatic rings. The zero-order valence-corrected chi connectivity index (χ0v) is 23.8. The third-order valence-corrected chi connectivity index (χ3v) is 8.52. The molecule has 3 aromatic carbocycles. The average molecular weight is 542 g/mol. The number of rotatable bonds is 8. The van der Waals surface area contributed by atoms with E-state index in [0.717, 1.165) is 38.7 Å². The number of amides is 1. The first kappa shape index (κ1) is 28.2. The minimum Gasteiger partial charge on any atom is -0.369 e. The highest BCUT2D eigenvalue weighted by Crippen LogP contribution is 2.38. The number of aromatic nitrogens is 1. The van der Waals surface area contributed by atoms with E-state index < -0.39 is 21.2 Å². The van der Waals surface area contributed by atoms with Gasteiger partial charge in [-0.05, 0) is 78.1 Å². The second kappa shape index (κ2) is 10.4. The van der Waals surface area contributed by atoms with Gasteiger partial charge in [-0.25, -0.2) is 8.42 Å². The van der Waals surface area contributed by atoms with Crippen molar-refractivity contribution in [2.75, 3.05) is 12.8 Å². The molecule has 39 heavy (non-hydrogen) atoms. The van der Waals surface area contributed by atoms with E-state index >= 15 is 0 Å². The predicted octanol–water partition coefficient (Wildman–Crippen LogP) is 5.59. The van der Waals surface area contributed by atoms with Gasteiger partial charge in [0.25, 0.3) is 0 Å². The number of hydrogen-bond acceptors (Lipinski definition) is 5. The van der Waals surface area contributed by atoms with Crippen LogP contribution in [-0.4, -0.2) is 32.1 Å². The number of carbonyl (C=O) groups excluding carboxylic acids is 1. The molecule has 202 valence electrons. The van der Waals surface area contributed by atoms with Crippen LogP contribution in [0.5, 0.6) is 0 Å². The number of primary amides is 1. The van der Waals surface area contributed by atoms with Crippen LogP contribution in [0, 0.1) is 5.41 Å². The maximum absolute atomic E-state index is 12.5. The smallest absolute Gasteiger partial charge is 0.227 e. The summed E-state index contributed by atoms with van der Waals surface area (Å²) in [5, 5.41) is 1.04. The van der Waals surface area contributed by atoms with Crippen molar-refractivity contribution in [2.45, 2.75) is 38.0 Å².